The molecule has 4 fully saturated rings. The number of rotatable bonds is 13. The largest absolute Gasteiger partial charge is 0.456 e. The van der Waals surface area contributed by atoms with E-state index in [-0.39, 0.29) is 29.6 Å². The number of hydrogen-bond acceptors (Lipinski definition) is 18. The first-order chi connectivity index (χ1) is 32.0. The number of benzene rings is 2. The minimum absolute atomic E-state index is 0.0190. The summed E-state index contributed by atoms with van der Waals surface area (Å²) in [4.78, 5) is 84.6. The summed E-state index contributed by atoms with van der Waals surface area (Å²) in [7, 11) is 0. The van der Waals surface area contributed by atoms with Crippen LogP contribution in [0.4, 0.5) is 0 Å². The average molecular weight is 952 g/mol. The number of hydrogen-bond donors (Lipinski definition) is 6. The quantitative estimate of drug-likeness (QED) is 0.0947. The van der Waals surface area contributed by atoms with Crippen molar-refractivity contribution in [2.75, 3.05) is 13.2 Å². The van der Waals surface area contributed by atoms with Crippen molar-refractivity contribution in [2.45, 2.75) is 153 Å². The molecule has 2 aromatic carbocycles. The van der Waals surface area contributed by atoms with E-state index in [1.807, 2.05) is 0 Å². The lowest BCUT2D eigenvalue weighted by Crippen LogP contribution is -2.82. The summed E-state index contributed by atoms with van der Waals surface area (Å²) in [6, 6.07) is 14.7. The van der Waals surface area contributed by atoms with Crippen molar-refractivity contribution in [1.82, 2.24) is 5.32 Å². The number of carbonyl (C=O) groups excluding carboxylic acids is 6. The smallest absolute Gasteiger partial charge is 0.338 e. The van der Waals surface area contributed by atoms with Crippen LogP contribution in [0.5, 0.6) is 0 Å². The molecule has 1 amide bonds. The third-order valence-corrected chi connectivity index (χ3v) is 14.7. The summed E-state index contributed by atoms with van der Waals surface area (Å²) in [5, 5.41) is 60.5. The lowest BCUT2D eigenvalue weighted by atomic mass is 9.44. The van der Waals surface area contributed by atoms with Gasteiger partial charge in [-0.15, -0.1) is 0 Å². The Kier molecular flexibility index (Phi) is 14.4. The predicted octanol–water partition coefficient (Wildman–Crippen LogP) is 1.69. The SMILES string of the molecule is CCCC(=O)NC(c1ccccc1)C(O)C(=O)OC1CC2(O)C(OC(=O)c3ccccc3)C3C4(OC(C)=O)COC4CC(OC4OCC(O)C(O)C4O)C3(C)C(=O)C(OC(C)=O)C(=C1C)C2(C)C. The van der Waals surface area contributed by atoms with Crippen molar-refractivity contribution >= 4 is 35.6 Å². The molecule has 19 nitrogen and oxygen atoms in total. The molecule has 0 spiro atoms. The standard InChI is InChI=1S/C49H61NO18/c1-8-15-33(54)50-35(27-16-11-9-12-17-27)37(56)44(60)65-30-21-49(61)42(67-43(59)28-18-13-10-14-19-28)40-47(7,41(58)39(64-25(3)51)34(24(30)2)46(49,5)6)31(20-32-48(40,23-63-32)68-26(4)52)66-45-38(57)36(55)29(53)22-62-45/h9-14,16-19,29-32,35-40,42,45,53,55-57,61H,8,15,20-23H2,1-7H3,(H,50,54). The van der Waals surface area contributed by atoms with Gasteiger partial charge in [-0.25, -0.2) is 9.59 Å². The molecule has 2 saturated carbocycles. The van der Waals surface area contributed by atoms with Gasteiger partial charge in [0.25, 0.3) is 0 Å². The van der Waals surface area contributed by atoms with E-state index in [1.54, 1.807) is 55.5 Å². The first-order valence-corrected chi connectivity index (χ1v) is 22.8. The van der Waals surface area contributed by atoms with Crippen molar-refractivity contribution in [3.63, 3.8) is 0 Å². The van der Waals surface area contributed by atoms with E-state index in [0.717, 1.165) is 13.8 Å². The number of amides is 1. The highest BCUT2D eigenvalue weighted by molar-refractivity contribution is 5.95. The lowest BCUT2D eigenvalue weighted by molar-refractivity contribution is -0.366. The minimum Gasteiger partial charge on any atom is -0.456 e. The Balaban J connectivity index is 1.44. The summed E-state index contributed by atoms with van der Waals surface area (Å²) in [5.41, 5.74) is -7.85. The zero-order chi connectivity index (χ0) is 49.7. The Hall–Kier alpha value is -5.12. The molecule has 2 heterocycles. The van der Waals surface area contributed by atoms with Crippen LogP contribution in [0.2, 0.25) is 0 Å². The Morgan fingerprint density at radius 3 is 2.12 bits per heavy atom. The van der Waals surface area contributed by atoms with Gasteiger partial charge in [-0.05, 0) is 49.1 Å². The molecule has 2 aromatic rings. The molecule has 5 aliphatic rings. The van der Waals surface area contributed by atoms with Crippen LogP contribution < -0.4 is 5.32 Å². The fraction of sp³-hybridized carbons (Fsp3) is 0.592. The molecule has 2 saturated heterocycles. The van der Waals surface area contributed by atoms with Gasteiger partial charge in [0, 0.05) is 38.5 Å². The first-order valence-electron chi connectivity index (χ1n) is 22.8. The van der Waals surface area contributed by atoms with Crippen molar-refractivity contribution in [2.24, 2.45) is 16.7 Å². The number of Topliss-reactive ketones (excluding diaryl/α,β-unsaturated/α-hetero) is 1. The van der Waals surface area contributed by atoms with E-state index in [4.69, 9.17) is 33.2 Å². The van der Waals surface area contributed by atoms with Gasteiger partial charge in [0.1, 0.15) is 42.2 Å². The van der Waals surface area contributed by atoms with Crippen molar-refractivity contribution in [3.8, 4) is 0 Å². The zero-order valence-corrected chi connectivity index (χ0v) is 39.0. The van der Waals surface area contributed by atoms with E-state index in [1.165, 1.54) is 39.8 Å². The van der Waals surface area contributed by atoms with Crippen LogP contribution >= 0.6 is 0 Å². The van der Waals surface area contributed by atoms with Crippen molar-refractivity contribution in [3.05, 3.63) is 82.9 Å². The molecule has 15 atom stereocenters. The summed E-state index contributed by atoms with van der Waals surface area (Å²) in [5.74, 6) is -7.06. The van der Waals surface area contributed by atoms with Crippen LogP contribution in [0, 0.1) is 16.7 Å². The third-order valence-electron chi connectivity index (χ3n) is 14.7. The summed E-state index contributed by atoms with van der Waals surface area (Å²) in [6.07, 6.45) is -17.2. The maximum atomic E-state index is 16.1. The molecule has 15 unspecified atom stereocenters. The van der Waals surface area contributed by atoms with Crippen LogP contribution in [-0.2, 0) is 57.1 Å². The van der Waals surface area contributed by atoms with Crippen LogP contribution in [-0.4, -0.2) is 147 Å². The second-order valence-electron chi connectivity index (χ2n) is 19.2. The Labute approximate surface area is 393 Å². The van der Waals surface area contributed by atoms with Gasteiger partial charge < -0.3 is 64.0 Å². The molecule has 0 radical (unpaired) electrons. The predicted molar refractivity (Wildman–Crippen MR) is 233 cm³/mol. The molecule has 7 rings (SSSR count). The molecular weight excluding hydrogens is 891 g/mol. The summed E-state index contributed by atoms with van der Waals surface area (Å²) < 4.78 is 43.0. The number of ether oxygens (including phenoxy) is 7. The number of ketones is 1. The van der Waals surface area contributed by atoms with E-state index in [0.29, 0.717) is 12.0 Å². The van der Waals surface area contributed by atoms with E-state index in [2.05, 4.69) is 5.32 Å². The van der Waals surface area contributed by atoms with Crippen LogP contribution in [0.15, 0.2) is 71.8 Å². The van der Waals surface area contributed by atoms with Gasteiger partial charge in [0.05, 0.1) is 42.3 Å². The molecule has 0 aromatic heterocycles. The molecule has 19 heteroatoms. The molecule has 370 valence electrons. The van der Waals surface area contributed by atoms with Gasteiger partial charge in [-0.2, -0.15) is 0 Å². The average Bonchev–Trinajstić information content (AvgIpc) is 3.28. The molecular formula is C49H61NO18. The lowest BCUT2D eigenvalue weighted by Gasteiger charge is -2.68. The van der Waals surface area contributed by atoms with Gasteiger partial charge in [-0.3, -0.25) is 19.2 Å². The first kappa shape index (κ1) is 50.7. The maximum Gasteiger partial charge on any atom is 0.338 e. The molecule has 2 bridgehead atoms. The van der Waals surface area contributed by atoms with Gasteiger partial charge in [-0.1, -0.05) is 69.3 Å². The highest BCUT2D eigenvalue weighted by Crippen LogP contribution is 2.65. The zero-order valence-electron chi connectivity index (χ0n) is 39.0. The van der Waals surface area contributed by atoms with Crippen LogP contribution in [0.25, 0.3) is 0 Å². The highest BCUT2D eigenvalue weighted by atomic mass is 16.7. The third kappa shape index (κ3) is 8.76. The molecule has 68 heavy (non-hydrogen) atoms. The molecule has 6 N–H and O–H groups in total. The fourth-order valence-corrected chi connectivity index (χ4v) is 11.1. The topological polar surface area (TPSA) is 280 Å². The van der Waals surface area contributed by atoms with Gasteiger partial charge in [0.15, 0.2) is 29.9 Å². The molecule has 2 aliphatic heterocycles. The second kappa shape index (κ2) is 19.3. The van der Waals surface area contributed by atoms with Crippen molar-refractivity contribution in [1.29, 1.82) is 0 Å². The minimum atomic E-state index is -2.49. The van der Waals surface area contributed by atoms with E-state index < -0.39 is 150 Å². The van der Waals surface area contributed by atoms with Gasteiger partial charge >= 0.3 is 23.9 Å². The van der Waals surface area contributed by atoms with Crippen LogP contribution in [0.3, 0.4) is 0 Å². The van der Waals surface area contributed by atoms with Gasteiger partial charge in [0.2, 0.25) is 5.91 Å². The number of aliphatic hydroxyl groups excluding tert-OH is 4. The monoisotopic (exact) mass is 951 g/mol. The maximum absolute atomic E-state index is 16.1. The summed E-state index contributed by atoms with van der Waals surface area (Å²) >= 11 is 0. The Bertz CT molecular complexity index is 2290. The van der Waals surface area contributed by atoms with Crippen LogP contribution in [0.1, 0.15) is 96.1 Å². The normalized spacial score (nSPS) is 35.9. The Morgan fingerprint density at radius 1 is 0.882 bits per heavy atom. The van der Waals surface area contributed by atoms with E-state index in [9.17, 15) is 49.5 Å². The molecule has 3 aliphatic carbocycles. The number of fused-ring (bicyclic) bond motifs is 5. The number of carbonyl (C=O) groups is 6. The fourth-order valence-electron chi connectivity index (χ4n) is 11.1. The highest BCUT2D eigenvalue weighted by Gasteiger charge is 2.79. The van der Waals surface area contributed by atoms with Crippen molar-refractivity contribution < 1.29 is 87.5 Å². The number of esters is 4. The number of nitrogens with one attached hydrogen (secondary N) is 1. The second-order valence-corrected chi connectivity index (χ2v) is 19.2. The van der Waals surface area contributed by atoms with E-state index >= 15 is 4.79 Å². The summed E-state index contributed by atoms with van der Waals surface area (Å²) in [6.45, 7) is 9.06. The Morgan fingerprint density at radius 2 is 1.53 bits per heavy atom. The number of aliphatic hydroxyl groups is 5.